The van der Waals surface area contributed by atoms with Crippen LogP contribution in [0.15, 0.2) is 24.3 Å². The second kappa shape index (κ2) is 6.75. The van der Waals surface area contributed by atoms with Crippen LogP contribution in [0, 0.1) is 17.8 Å². The molecule has 1 aromatic carbocycles. The molecule has 1 aliphatic rings. The third kappa shape index (κ3) is 4.70. The number of rotatable bonds is 5. The van der Waals surface area contributed by atoms with Gasteiger partial charge in [-0.1, -0.05) is 24.0 Å². The van der Waals surface area contributed by atoms with Gasteiger partial charge in [0.25, 0.3) is 0 Å². The number of aliphatic hydroxyl groups excluding tert-OH is 1. The molecule has 102 valence electrons. The van der Waals surface area contributed by atoms with Crippen LogP contribution >= 0.6 is 0 Å². The summed E-state index contributed by atoms with van der Waals surface area (Å²) in [5.74, 6) is 6.59. The van der Waals surface area contributed by atoms with Crippen molar-refractivity contribution in [2.45, 2.75) is 39.3 Å². The van der Waals surface area contributed by atoms with Gasteiger partial charge in [0.2, 0.25) is 0 Å². The highest BCUT2D eigenvalue weighted by Crippen LogP contribution is 2.30. The molecule has 1 saturated carbocycles. The molecule has 0 amide bonds. The van der Waals surface area contributed by atoms with Gasteiger partial charge in [-0.3, -0.25) is 4.90 Å². The van der Waals surface area contributed by atoms with Gasteiger partial charge in [0.15, 0.2) is 0 Å². The maximum atomic E-state index is 8.74. The largest absolute Gasteiger partial charge is 0.384 e. The average molecular weight is 257 g/mol. The first-order chi connectivity index (χ1) is 9.19. The fraction of sp³-hybridized carbons (Fsp3) is 0.529. The topological polar surface area (TPSA) is 23.5 Å². The number of benzene rings is 1. The first-order valence-electron chi connectivity index (χ1n) is 7.11. The summed E-state index contributed by atoms with van der Waals surface area (Å²) in [6.45, 7) is 6.65. The van der Waals surface area contributed by atoms with Crippen molar-refractivity contribution in [2.24, 2.45) is 5.92 Å². The predicted molar refractivity (Wildman–Crippen MR) is 78.7 cm³/mol. The monoisotopic (exact) mass is 257 g/mol. The summed E-state index contributed by atoms with van der Waals surface area (Å²) in [7, 11) is 0. The van der Waals surface area contributed by atoms with Crippen LogP contribution in [-0.4, -0.2) is 29.2 Å². The molecule has 19 heavy (non-hydrogen) atoms. The van der Waals surface area contributed by atoms with Crippen molar-refractivity contribution in [1.82, 2.24) is 4.90 Å². The second-order valence-electron chi connectivity index (χ2n) is 5.63. The van der Waals surface area contributed by atoms with Gasteiger partial charge in [-0.25, -0.2) is 0 Å². The maximum Gasteiger partial charge on any atom is 0.104 e. The van der Waals surface area contributed by atoms with Gasteiger partial charge in [0.05, 0.1) is 0 Å². The van der Waals surface area contributed by atoms with E-state index < -0.39 is 0 Å². The summed E-state index contributed by atoms with van der Waals surface area (Å²) in [4.78, 5) is 2.54. The molecule has 2 nitrogen and oxygen atoms in total. The number of hydrogen-bond acceptors (Lipinski definition) is 2. The Labute approximate surface area is 116 Å². The molecule has 0 atom stereocenters. The normalized spacial score (nSPS) is 14.6. The van der Waals surface area contributed by atoms with Crippen molar-refractivity contribution in [3.63, 3.8) is 0 Å². The van der Waals surface area contributed by atoms with Crippen LogP contribution in [0.1, 0.15) is 37.8 Å². The lowest BCUT2D eigenvalue weighted by molar-refractivity contribution is 0.204. The molecule has 1 fully saturated rings. The predicted octanol–water partition coefficient (Wildman–Crippen LogP) is 2.65. The summed E-state index contributed by atoms with van der Waals surface area (Å²) in [6, 6.07) is 8.91. The highest BCUT2D eigenvalue weighted by Gasteiger charge is 2.25. The number of nitrogens with zero attached hydrogens (tertiary/aromatic N) is 1. The lowest BCUT2D eigenvalue weighted by atomic mass is 10.1. The van der Waals surface area contributed by atoms with E-state index in [1.54, 1.807) is 0 Å². The molecular formula is C17H23NO. The highest BCUT2D eigenvalue weighted by atomic mass is 16.2. The Hall–Kier alpha value is -1.30. The fourth-order valence-corrected chi connectivity index (χ4v) is 2.21. The summed E-state index contributed by atoms with van der Waals surface area (Å²) in [5, 5.41) is 8.74. The minimum Gasteiger partial charge on any atom is -0.384 e. The molecule has 0 spiro atoms. The Kier molecular flexibility index (Phi) is 5.01. The van der Waals surface area contributed by atoms with Crippen LogP contribution in [0.4, 0.5) is 0 Å². The van der Waals surface area contributed by atoms with E-state index in [1.807, 2.05) is 12.1 Å². The minimum atomic E-state index is -0.0793. The third-order valence-corrected chi connectivity index (χ3v) is 3.54. The van der Waals surface area contributed by atoms with Gasteiger partial charge in [-0.05, 0) is 50.3 Å². The van der Waals surface area contributed by atoms with Crippen molar-refractivity contribution in [2.75, 3.05) is 13.2 Å². The van der Waals surface area contributed by atoms with Crippen LogP contribution in [0.5, 0.6) is 0 Å². The number of hydrogen-bond donors (Lipinski definition) is 1. The van der Waals surface area contributed by atoms with E-state index in [-0.39, 0.29) is 6.61 Å². The third-order valence-electron chi connectivity index (χ3n) is 3.54. The van der Waals surface area contributed by atoms with Crippen molar-refractivity contribution in [3.8, 4) is 11.8 Å². The first-order valence-corrected chi connectivity index (χ1v) is 7.11. The molecule has 2 heteroatoms. The van der Waals surface area contributed by atoms with Crippen molar-refractivity contribution in [1.29, 1.82) is 0 Å². The zero-order chi connectivity index (χ0) is 13.7. The smallest absolute Gasteiger partial charge is 0.104 e. The quantitative estimate of drug-likeness (QED) is 0.820. The lowest BCUT2D eigenvalue weighted by Gasteiger charge is -2.26. The molecule has 0 unspecified atom stereocenters. The molecule has 0 saturated heterocycles. The van der Waals surface area contributed by atoms with E-state index in [0.717, 1.165) is 18.0 Å². The van der Waals surface area contributed by atoms with E-state index in [0.29, 0.717) is 6.04 Å². The van der Waals surface area contributed by atoms with E-state index in [2.05, 4.69) is 42.7 Å². The molecule has 2 rings (SSSR count). The Bertz CT molecular complexity index is 466. The maximum absolute atomic E-state index is 8.74. The van der Waals surface area contributed by atoms with E-state index >= 15 is 0 Å². The molecule has 0 aliphatic heterocycles. The summed E-state index contributed by atoms with van der Waals surface area (Å²) < 4.78 is 0. The fourth-order valence-electron chi connectivity index (χ4n) is 2.21. The van der Waals surface area contributed by atoms with Gasteiger partial charge in [0, 0.05) is 24.7 Å². The Morgan fingerprint density at radius 1 is 1.37 bits per heavy atom. The van der Waals surface area contributed by atoms with Crippen LogP contribution in [0.25, 0.3) is 0 Å². The summed E-state index contributed by atoms with van der Waals surface area (Å²) in [6.07, 6.45) is 2.79. The standard InChI is InChI=1S/C17H23NO/c1-14(2)18(12-16-8-9-16)13-17-6-3-5-15(11-17)7-4-10-19/h3,5-6,11,14,16,19H,8-10,12-13H2,1-2H3. The van der Waals surface area contributed by atoms with E-state index in [1.165, 1.54) is 24.9 Å². The Morgan fingerprint density at radius 2 is 2.16 bits per heavy atom. The summed E-state index contributed by atoms with van der Waals surface area (Å²) >= 11 is 0. The molecular weight excluding hydrogens is 234 g/mol. The average Bonchev–Trinajstić information content (AvgIpc) is 3.20. The van der Waals surface area contributed by atoms with Crippen molar-refractivity contribution in [3.05, 3.63) is 35.4 Å². The molecule has 1 aromatic rings. The molecule has 0 radical (unpaired) electrons. The molecule has 0 heterocycles. The molecule has 0 bridgehead atoms. The summed E-state index contributed by atoms with van der Waals surface area (Å²) in [5.41, 5.74) is 2.29. The highest BCUT2D eigenvalue weighted by molar-refractivity contribution is 5.37. The molecule has 1 N–H and O–H groups in total. The van der Waals surface area contributed by atoms with Crippen molar-refractivity contribution < 1.29 is 5.11 Å². The zero-order valence-corrected chi connectivity index (χ0v) is 11.9. The van der Waals surface area contributed by atoms with Crippen LogP contribution in [0.2, 0.25) is 0 Å². The van der Waals surface area contributed by atoms with Crippen LogP contribution in [0.3, 0.4) is 0 Å². The van der Waals surface area contributed by atoms with Gasteiger partial charge < -0.3 is 5.11 Å². The SMILES string of the molecule is CC(C)N(Cc1cccc(C#CCO)c1)CC1CC1. The minimum absolute atomic E-state index is 0.0793. The number of aliphatic hydroxyl groups is 1. The van der Waals surface area contributed by atoms with Gasteiger partial charge in [-0.15, -0.1) is 0 Å². The zero-order valence-electron chi connectivity index (χ0n) is 11.9. The Balaban J connectivity index is 2.03. The molecule has 1 aliphatic carbocycles. The van der Waals surface area contributed by atoms with Gasteiger partial charge in [0.1, 0.15) is 6.61 Å². The van der Waals surface area contributed by atoms with E-state index in [4.69, 9.17) is 5.11 Å². The Morgan fingerprint density at radius 3 is 2.79 bits per heavy atom. The van der Waals surface area contributed by atoms with Gasteiger partial charge >= 0.3 is 0 Å². The van der Waals surface area contributed by atoms with Gasteiger partial charge in [-0.2, -0.15) is 0 Å². The first kappa shape index (κ1) is 14.1. The lowest BCUT2D eigenvalue weighted by Crippen LogP contribution is -2.32. The van der Waals surface area contributed by atoms with Crippen molar-refractivity contribution >= 4 is 0 Å². The van der Waals surface area contributed by atoms with Crippen LogP contribution in [-0.2, 0) is 6.54 Å². The van der Waals surface area contributed by atoms with E-state index in [9.17, 15) is 0 Å². The van der Waals surface area contributed by atoms with Crippen LogP contribution < -0.4 is 0 Å². The second-order valence-corrected chi connectivity index (χ2v) is 5.63. The molecule has 0 aromatic heterocycles.